The van der Waals surface area contributed by atoms with Gasteiger partial charge in [0.1, 0.15) is 6.04 Å². The zero-order valence-corrected chi connectivity index (χ0v) is 17.8. The number of nitrogens with zero attached hydrogens (tertiary/aromatic N) is 2. The molecule has 166 valence electrons. The second-order valence-corrected chi connectivity index (χ2v) is 8.87. The molecule has 2 unspecified atom stereocenters. The molecule has 1 aliphatic carbocycles. The molecule has 0 aromatic carbocycles. The van der Waals surface area contributed by atoms with Crippen molar-refractivity contribution in [2.45, 2.75) is 64.5 Å². The lowest BCUT2D eigenvalue weighted by molar-refractivity contribution is -0.149. The maximum Gasteiger partial charge on any atom is 0.292 e. The molecule has 1 saturated carbocycles. The summed E-state index contributed by atoms with van der Waals surface area (Å²) in [6.45, 7) is 4.93. The normalized spacial score (nSPS) is 21.8. The molecule has 9 nitrogen and oxygen atoms in total. The zero-order valence-electron chi connectivity index (χ0n) is 17.8. The third-order valence-corrected chi connectivity index (χ3v) is 6.07. The van der Waals surface area contributed by atoms with E-state index in [-0.39, 0.29) is 24.3 Å². The van der Waals surface area contributed by atoms with Crippen molar-refractivity contribution in [1.82, 2.24) is 20.4 Å². The van der Waals surface area contributed by atoms with Crippen molar-refractivity contribution in [1.29, 1.82) is 0 Å². The number of rotatable bonds is 9. The molecule has 2 aliphatic heterocycles. The summed E-state index contributed by atoms with van der Waals surface area (Å²) in [7, 11) is 0. The molecule has 2 atom stereocenters. The molecule has 30 heavy (non-hydrogen) atoms. The summed E-state index contributed by atoms with van der Waals surface area (Å²) in [6.07, 6.45) is 4.54. The monoisotopic (exact) mass is 420 g/mol. The standard InChI is InChI=1S/C21H32N4O5/c1-13(2)19(28)22-12-17(26)25-10-3-5-16(25)20(29)23-15(11-14-6-7-14)18(27)21(30)24-8-4-9-24/h13-16H,3-12H2,1-2H3,(H,22,28)(H,23,29). The number of ketones is 1. The number of hydrogen-bond donors (Lipinski definition) is 2. The van der Waals surface area contributed by atoms with Crippen LogP contribution in [0.3, 0.4) is 0 Å². The first kappa shape index (κ1) is 22.2. The maximum atomic E-state index is 12.9. The molecule has 3 rings (SSSR count). The summed E-state index contributed by atoms with van der Waals surface area (Å²) in [5.41, 5.74) is 0. The van der Waals surface area contributed by atoms with Crippen molar-refractivity contribution in [2.24, 2.45) is 11.8 Å². The Balaban J connectivity index is 1.59. The third-order valence-electron chi connectivity index (χ3n) is 6.07. The van der Waals surface area contributed by atoms with Gasteiger partial charge in [-0.25, -0.2) is 0 Å². The van der Waals surface area contributed by atoms with Gasteiger partial charge in [-0.05, 0) is 31.6 Å². The van der Waals surface area contributed by atoms with Crippen LogP contribution in [0.25, 0.3) is 0 Å². The second-order valence-electron chi connectivity index (χ2n) is 8.87. The van der Waals surface area contributed by atoms with Crippen LogP contribution in [0.5, 0.6) is 0 Å². The second kappa shape index (κ2) is 9.57. The minimum Gasteiger partial charge on any atom is -0.347 e. The van der Waals surface area contributed by atoms with E-state index in [2.05, 4.69) is 10.6 Å². The lowest BCUT2D eigenvalue weighted by atomic mass is 10.0. The first-order valence-electron chi connectivity index (χ1n) is 11.0. The minimum atomic E-state index is -0.837. The summed E-state index contributed by atoms with van der Waals surface area (Å²) < 4.78 is 0. The molecule has 2 N–H and O–H groups in total. The highest BCUT2D eigenvalue weighted by Crippen LogP contribution is 2.34. The number of hydrogen-bond acceptors (Lipinski definition) is 5. The van der Waals surface area contributed by atoms with E-state index in [1.54, 1.807) is 13.8 Å². The van der Waals surface area contributed by atoms with Crippen molar-refractivity contribution in [3.05, 3.63) is 0 Å². The third kappa shape index (κ3) is 5.37. The number of likely N-dealkylation sites (tertiary alicyclic amines) is 2. The summed E-state index contributed by atoms with van der Waals surface area (Å²) in [5.74, 6) is -1.89. The molecule has 0 aromatic heterocycles. The molecule has 3 aliphatic rings. The van der Waals surface area contributed by atoms with Crippen LogP contribution in [0.15, 0.2) is 0 Å². The largest absolute Gasteiger partial charge is 0.347 e. The van der Waals surface area contributed by atoms with Gasteiger partial charge in [0.05, 0.1) is 12.6 Å². The Morgan fingerprint density at radius 1 is 0.967 bits per heavy atom. The molecule has 3 fully saturated rings. The Morgan fingerprint density at radius 2 is 1.67 bits per heavy atom. The smallest absolute Gasteiger partial charge is 0.292 e. The van der Waals surface area contributed by atoms with Gasteiger partial charge < -0.3 is 20.4 Å². The first-order valence-corrected chi connectivity index (χ1v) is 11.0. The molecule has 0 spiro atoms. The predicted octanol–water partition coefficient (Wildman–Crippen LogP) is -0.164. The molecule has 0 aromatic rings. The Morgan fingerprint density at radius 3 is 2.23 bits per heavy atom. The van der Waals surface area contributed by atoms with Crippen LogP contribution in [0, 0.1) is 11.8 Å². The van der Waals surface area contributed by atoms with Gasteiger partial charge in [0.15, 0.2) is 0 Å². The van der Waals surface area contributed by atoms with E-state index in [4.69, 9.17) is 0 Å². The topological polar surface area (TPSA) is 116 Å². The quantitative estimate of drug-likeness (QED) is 0.503. The fraction of sp³-hybridized carbons (Fsp3) is 0.762. The molecular weight excluding hydrogens is 388 g/mol. The summed E-state index contributed by atoms with van der Waals surface area (Å²) in [5, 5.41) is 5.35. The van der Waals surface area contributed by atoms with Crippen molar-refractivity contribution in [2.75, 3.05) is 26.2 Å². The molecule has 0 radical (unpaired) electrons. The zero-order chi connectivity index (χ0) is 21.8. The average molecular weight is 421 g/mol. The molecular formula is C21H32N4O5. The molecule has 9 heteroatoms. The van der Waals surface area contributed by atoms with Crippen LogP contribution in [0.4, 0.5) is 0 Å². The van der Waals surface area contributed by atoms with Gasteiger partial charge >= 0.3 is 0 Å². The Bertz CT molecular complexity index is 714. The number of carbonyl (C=O) groups excluding carboxylic acids is 5. The van der Waals surface area contributed by atoms with E-state index >= 15 is 0 Å². The van der Waals surface area contributed by atoms with E-state index in [1.165, 1.54) is 9.80 Å². The van der Waals surface area contributed by atoms with Crippen molar-refractivity contribution in [3.63, 3.8) is 0 Å². The van der Waals surface area contributed by atoms with E-state index in [0.29, 0.717) is 44.8 Å². The van der Waals surface area contributed by atoms with E-state index < -0.39 is 29.7 Å². The lowest BCUT2D eigenvalue weighted by Crippen LogP contribution is -2.56. The van der Waals surface area contributed by atoms with Crippen molar-refractivity contribution >= 4 is 29.4 Å². The van der Waals surface area contributed by atoms with Crippen molar-refractivity contribution in [3.8, 4) is 0 Å². The van der Waals surface area contributed by atoms with E-state index in [0.717, 1.165) is 19.3 Å². The number of amides is 4. The Labute approximate surface area is 176 Å². The average Bonchev–Trinajstić information content (AvgIpc) is 3.34. The lowest BCUT2D eigenvalue weighted by Gasteiger charge is -2.32. The highest BCUT2D eigenvalue weighted by Gasteiger charge is 2.40. The Kier molecular flexibility index (Phi) is 7.10. The highest BCUT2D eigenvalue weighted by molar-refractivity contribution is 6.38. The van der Waals surface area contributed by atoms with Gasteiger partial charge in [0, 0.05) is 25.6 Å². The van der Waals surface area contributed by atoms with Crippen LogP contribution in [0.2, 0.25) is 0 Å². The fourth-order valence-electron chi connectivity index (χ4n) is 3.82. The van der Waals surface area contributed by atoms with Gasteiger partial charge in [-0.15, -0.1) is 0 Å². The van der Waals surface area contributed by atoms with Crippen LogP contribution < -0.4 is 10.6 Å². The predicted molar refractivity (Wildman–Crippen MR) is 108 cm³/mol. The van der Waals surface area contributed by atoms with Crippen LogP contribution in [0.1, 0.15) is 52.4 Å². The summed E-state index contributed by atoms with van der Waals surface area (Å²) in [4.78, 5) is 65.2. The number of carbonyl (C=O) groups is 5. The number of nitrogens with one attached hydrogen (secondary N) is 2. The highest BCUT2D eigenvalue weighted by atomic mass is 16.2. The van der Waals surface area contributed by atoms with Crippen molar-refractivity contribution < 1.29 is 24.0 Å². The van der Waals surface area contributed by atoms with Crippen LogP contribution in [-0.2, 0) is 24.0 Å². The maximum absolute atomic E-state index is 12.9. The molecule has 2 saturated heterocycles. The molecule has 0 bridgehead atoms. The SMILES string of the molecule is CC(C)C(=O)NCC(=O)N1CCCC1C(=O)NC(CC1CC1)C(=O)C(=O)N1CCC1. The van der Waals surface area contributed by atoms with E-state index in [9.17, 15) is 24.0 Å². The van der Waals surface area contributed by atoms with Gasteiger partial charge in [-0.1, -0.05) is 26.7 Å². The molecule has 2 heterocycles. The van der Waals surface area contributed by atoms with E-state index in [1.807, 2.05) is 0 Å². The fourth-order valence-corrected chi connectivity index (χ4v) is 3.82. The van der Waals surface area contributed by atoms with Gasteiger partial charge in [0.25, 0.3) is 5.91 Å². The van der Waals surface area contributed by atoms with Gasteiger partial charge in [-0.3, -0.25) is 24.0 Å². The number of Topliss-reactive ketones (excluding diaryl/α,β-unsaturated/α-hetero) is 1. The van der Waals surface area contributed by atoms with Crippen LogP contribution >= 0.6 is 0 Å². The minimum absolute atomic E-state index is 0.154. The summed E-state index contributed by atoms with van der Waals surface area (Å²) >= 11 is 0. The summed E-state index contributed by atoms with van der Waals surface area (Å²) in [6, 6.07) is -1.52. The molecule has 4 amide bonds. The van der Waals surface area contributed by atoms with Crippen LogP contribution in [-0.4, -0.2) is 77.5 Å². The van der Waals surface area contributed by atoms with Gasteiger partial charge in [0.2, 0.25) is 23.5 Å². The Hall–Kier alpha value is -2.45. The van der Waals surface area contributed by atoms with Gasteiger partial charge in [-0.2, -0.15) is 0 Å². The first-order chi connectivity index (χ1) is 14.3.